The lowest BCUT2D eigenvalue weighted by Gasteiger charge is -2.48. The van der Waals surface area contributed by atoms with Crippen molar-refractivity contribution < 1.29 is 4.74 Å². The fourth-order valence-corrected chi connectivity index (χ4v) is 4.36. The van der Waals surface area contributed by atoms with Gasteiger partial charge in [-0.15, -0.1) is 10.2 Å². The average molecular weight is 295 g/mol. The van der Waals surface area contributed by atoms with E-state index in [-0.39, 0.29) is 11.2 Å². The lowest BCUT2D eigenvalue weighted by Crippen LogP contribution is -2.58. The minimum Gasteiger partial charge on any atom is -0.365 e. The summed E-state index contributed by atoms with van der Waals surface area (Å²) in [4.78, 5) is 2.40. The lowest BCUT2D eigenvalue weighted by molar-refractivity contribution is -0.148. The van der Waals surface area contributed by atoms with E-state index in [1.165, 1.54) is 25.7 Å². The van der Waals surface area contributed by atoms with E-state index >= 15 is 0 Å². The van der Waals surface area contributed by atoms with E-state index in [0.29, 0.717) is 5.92 Å². The molecule has 112 valence electrons. The van der Waals surface area contributed by atoms with Crippen molar-refractivity contribution in [3.8, 4) is 0 Å². The second-order valence-electron chi connectivity index (χ2n) is 7.19. The van der Waals surface area contributed by atoms with Crippen LogP contribution in [0.5, 0.6) is 0 Å². The standard InChI is InChI=1S/C15H25N3OS/c1-11(2)12-16-17-13(20-12)18-9-14(3,4)19-15(10-18)7-5-6-8-15/h11H,5-10H2,1-4H3. The fourth-order valence-electron chi connectivity index (χ4n) is 3.52. The Morgan fingerprint density at radius 1 is 1.15 bits per heavy atom. The third-order valence-electron chi connectivity index (χ3n) is 4.25. The van der Waals surface area contributed by atoms with E-state index in [1.54, 1.807) is 11.3 Å². The Balaban J connectivity index is 1.84. The Hall–Kier alpha value is -0.680. The van der Waals surface area contributed by atoms with Crippen LogP contribution in [0.1, 0.15) is 64.3 Å². The largest absolute Gasteiger partial charge is 0.365 e. The number of rotatable bonds is 2. The Morgan fingerprint density at radius 2 is 1.85 bits per heavy atom. The van der Waals surface area contributed by atoms with Crippen LogP contribution < -0.4 is 4.90 Å². The van der Waals surface area contributed by atoms with Crippen LogP contribution in [0, 0.1) is 0 Å². The van der Waals surface area contributed by atoms with Crippen molar-refractivity contribution in [2.75, 3.05) is 18.0 Å². The third-order valence-corrected chi connectivity index (χ3v) is 5.54. The van der Waals surface area contributed by atoms with Crippen LogP contribution >= 0.6 is 11.3 Å². The van der Waals surface area contributed by atoms with E-state index in [2.05, 4.69) is 42.8 Å². The molecule has 0 aromatic carbocycles. The quantitative estimate of drug-likeness (QED) is 0.835. The van der Waals surface area contributed by atoms with Crippen LogP contribution in [0.15, 0.2) is 0 Å². The molecule has 1 aromatic rings. The Kier molecular flexibility index (Phi) is 3.53. The molecule has 20 heavy (non-hydrogen) atoms. The van der Waals surface area contributed by atoms with Crippen molar-refractivity contribution in [1.82, 2.24) is 10.2 Å². The molecule has 2 fully saturated rings. The van der Waals surface area contributed by atoms with Gasteiger partial charge in [0.15, 0.2) is 0 Å². The van der Waals surface area contributed by atoms with Crippen molar-refractivity contribution >= 4 is 16.5 Å². The third kappa shape index (κ3) is 2.70. The number of hydrogen-bond donors (Lipinski definition) is 0. The Labute approximate surface area is 125 Å². The van der Waals surface area contributed by atoms with E-state index in [1.807, 2.05) is 0 Å². The Bertz CT molecular complexity index is 477. The molecule has 1 aliphatic heterocycles. The highest BCUT2D eigenvalue weighted by Gasteiger charge is 2.46. The van der Waals surface area contributed by atoms with Gasteiger partial charge in [0.05, 0.1) is 11.2 Å². The van der Waals surface area contributed by atoms with E-state index in [4.69, 9.17) is 4.74 Å². The van der Waals surface area contributed by atoms with Crippen molar-refractivity contribution in [3.05, 3.63) is 5.01 Å². The van der Waals surface area contributed by atoms with Gasteiger partial charge >= 0.3 is 0 Å². The number of aromatic nitrogens is 2. The number of nitrogens with zero attached hydrogens (tertiary/aromatic N) is 3. The second kappa shape index (κ2) is 4.95. The molecule has 2 heterocycles. The molecule has 0 unspecified atom stereocenters. The number of anilines is 1. The molecule has 1 spiro atoms. The van der Waals surface area contributed by atoms with E-state index in [0.717, 1.165) is 23.2 Å². The lowest BCUT2D eigenvalue weighted by atomic mass is 9.94. The van der Waals surface area contributed by atoms with Gasteiger partial charge in [-0.1, -0.05) is 38.0 Å². The summed E-state index contributed by atoms with van der Waals surface area (Å²) in [6.45, 7) is 10.6. The maximum atomic E-state index is 6.44. The monoisotopic (exact) mass is 295 g/mol. The molecular weight excluding hydrogens is 270 g/mol. The molecule has 1 saturated heterocycles. The van der Waals surface area contributed by atoms with Crippen LogP contribution in [0.25, 0.3) is 0 Å². The second-order valence-corrected chi connectivity index (χ2v) is 8.17. The molecule has 0 radical (unpaired) electrons. The first-order valence-electron chi connectivity index (χ1n) is 7.68. The molecule has 0 atom stereocenters. The van der Waals surface area contributed by atoms with Gasteiger partial charge in [-0.25, -0.2) is 0 Å². The molecule has 5 heteroatoms. The summed E-state index contributed by atoms with van der Waals surface area (Å²) in [6.07, 6.45) is 4.94. The van der Waals surface area contributed by atoms with Gasteiger partial charge in [0.2, 0.25) is 5.13 Å². The van der Waals surface area contributed by atoms with Crippen LogP contribution in [-0.4, -0.2) is 34.5 Å². The molecule has 1 saturated carbocycles. The molecular formula is C15H25N3OS. The zero-order valence-corrected chi connectivity index (χ0v) is 13.8. The van der Waals surface area contributed by atoms with Gasteiger partial charge in [-0.05, 0) is 26.7 Å². The first-order chi connectivity index (χ1) is 9.39. The minimum atomic E-state index is -0.105. The van der Waals surface area contributed by atoms with Crippen molar-refractivity contribution in [3.63, 3.8) is 0 Å². The number of morpholine rings is 1. The van der Waals surface area contributed by atoms with Gasteiger partial charge in [-0.2, -0.15) is 0 Å². The predicted molar refractivity (Wildman–Crippen MR) is 82.6 cm³/mol. The molecule has 3 rings (SSSR count). The van der Waals surface area contributed by atoms with Crippen molar-refractivity contribution in [2.24, 2.45) is 0 Å². The topological polar surface area (TPSA) is 38.2 Å². The van der Waals surface area contributed by atoms with Crippen molar-refractivity contribution in [1.29, 1.82) is 0 Å². The van der Waals surface area contributed by atoms with Gasteiger partial charge in [0.1, 0.15) is 5.01 Å². The minimum absolute atomic E-state index is 0.0470. The molecule has 0 N–H and O–H groups in total. The molecule has 0 amide bonds. The maximum absolute atomic E-state index is 6.44. The predicted octanol–water partition coefficient (Wildman–Crippen LogP) is 3.59. The Morgan fingerprint density at radius 3 is 2.45 bits per heavy atom. The summed E-state index contributed by atoms with van der Waals surface area (Å²) in [5.74, 6) is 0.454. The molecule has 2 aliphatic rings. The summed E-state index contributed by atoms with van der Waals surface area (Å²) in [7, 11) is 0. The number of hydrogen-bond acceptors (Lipinski definition) is 5. The number of ether oxygens (including phenoxy) is 1. The SMILES string of the molecule is CC(C)c1nnc(N2CC(C)(C)OC3(CCCC3)C2)s1. The van der Waals surface area contributed by atoms with Crippen LogP contribution in [0.3, 0.4) is 0 Å². The highest BCUT2D eigenvalue weighted by molar-refractivity contribution is 7.15. The van der Waals surface area contributed by atoms with Gasteiger partial charge < -0.3 is 9.64 Å². The zero-order chi connectivity index (χ0) is 14.4. The summed E-state index contributed by atoms with van der Waals surface area (Å²) < 4.78 is 6.44. The van der Waals surface area contributed by atoms with Gasteiger partial charge in [0.25, 0.3) is 0 Å². The van der Waals surface area contributed by atoms with Crippen molar-refractivity contribution in [2.45, 2.75) is 70.5 Å². The fraction of sp³-hybridized carbons (Fsp3) is 0.867. The normalized spacial score (nSPS) is 24.8. The molecule has 1 aromatic heterocycles. The summed E-state index contributed by atoms with van der Waals surface area (Å²) in [5.41, 5.74) is -0.0579. The zero-order valence-electron chi connectivity index (χ0n) is 13.0. The summed E-state index contributed by atoms with van der Waals surface area (Å²) >= 11 is 1.74. The van der Waals surface area contributed by atoms with E-state index in [9.17, 15) is 0 Å². The summed E-state index contributed by atoms with van der Waals surface area (Å²) in [5, 5.41) is 11.0. The van der Waals surface area contributed by atoms with Gasteiger partial charge in [-0.3, -0.25) is 0 Å². The van der Waals surface area contributed by atoms with Crippen LogP contribution in [0.2, 0.25) is 0 Å². The molecule has 1 aliphatic carbocycles. The molecule has 0 bridgehead atoms. The first kappa shape index (κ1) is 14.3. The van der Waals surface area contributed by atoms with E-state index < -0.39 is 0 Å². The smallest absolute Gasteiger partial charge is 0.208 e. The molecule has 4 nitrogen and oxygen atoms in total. The highest BCUT2D eigenvalue weighted by Crippen LogP contribution is 2.42. The average Bonchev–Trinajstić information content (AvgIpc) is 2.96. The van der Waals surface area contributed by atoms with Gasteiger partial charge in [0, 0.05) is 19.0 Å². The summed E-state index contributed by atoms with van der Waals surface area (Å²) in [6, 6.07) is 0. The maximum Gasteiger partial charge on any atom is 0.208 e. The van der Waals surface area contributed by atoms with Crippen LogP contribution in [0.4, 0.5) is 5.13 Å². The first-order valence-corrected chi connectivity index (χ1v) is 8.49. The van der Waals surface area contributed by atoms with Crippen LogP contribution in [-0.2, 0) is 4.74 Å². The highest BCUT2D eigenvalue weighted by atomic mass is 32.1.